The van der Waals surface area contributed by atoms with Crippen LogP contribution in [0.25, 0.3) is 11.4 Å². The Bertz CT molecular complexity index is 945. The first kappa shape index (κ1) is 17.5. The van der Waals surface area contributed by atoms with Crippen LogP contribution in [0.1, 0.15) is 43.6 Å². The predicted molar refractivity (Wildman–Crippen MR) is 88.2 cm³/mol. The van der Waals surface area contributed by atoms with Crippen molar-refractivity contribution in [2.75, 3.05) is 6.26 Å². The van der Waals surface area contributed by atoms with Gasteiger partial charge in [0.15, 0.2) is 9.84 Å². The van der Waals surface area contributed by atoms with Crippen molar-refractivity contribution in [3.8, 4) is 11.4 Å². The lowest BCUT2D eigenvalue weighted by atomic mass is 9.75. The van der Waals surface area contributed by atoms with Gasteiger partial charge < -0.3 is 9.63 Å². The van der Waals surface area contributed by atoms with Gasteiger partial charge in [0.05, 0.1) is 4.75 Å². The van der Waals surface area contributed by atoms with Crippen LogP contribution in [-0.4, -0.2) is 35.5 Å². The van der Waals surface area contributed by atoms with Crippen LogP contribution in [0.4, 0.5) is 8.78 Å². The summed E-state index contributed by atoms with van der Waals surface area (Å²) in [5.41, 5.74) is -1.03. The van der Waals surface area contributed by atoms with Gasteiger partial charge in [0.25, 0.3) is 0 Å². The second-order valence-corrected chi connectivity index (χ2v) is 9.55. The van der Waals surface area contributed by atoms with Crippen molar-refractivity contribution in [2.45, 2.75) is 48.4 Å². The normalized spacial score (nSPS) is 21.2. The summed E-state index contributed by atoms with van der Waals surface area (Å²) in [7, 11) is -3.23. The summed E-state index contributed by atoms with van der Waals surface area (Å²) in [5.74, 6) is -4.54. The van der Waals surface area contributed by atoms with E-state index in [0.29, 0.717) is 30.4 Å². The van der Waals surface area contributed by atoms with E-state index in [4.69, 9.17) is 4.52 Å². The highest BCUT2D eigenvalue weighted by Gasteiger charge is 2.61. The van der Waals surface area contributed by atoms with Crippen LogP contribution in [0, 0.1) is 0 Å². The summed E-state index contributed by atoms with van der Waals surface area (Å²) < 4.78 is 56.5. The standard InChI is InChI=1S/C17H18F2N2O4S/c1-26(23,24)15(9-10-15)12-5-3-11(4-6-12)13-20-14(25-21-13)17(18,19)16(22)7-2-8-16/h3-6,22H,2,7-10H2,1H3. The Morgan fingerprint density at radius 3 is 2.23 bits per heavy atom. The summed E-state index contributed by atoms with van der Waals surface area (Å²) in [5, 5.41) is 13.5. The van der Waals surface area contributed by atoms with Crippen LogP contribution >= 0.6 is 0 Å². The predicted octanol–water partition coefficient (Wildman–Crippen LogP) is 2.78. The number of benzene rings is 1. The number of aliphatic hydroxyl groups is 1. The molecule has 0 saturated heterocycles. The molecule has 2 fully saturated rings. The number of aromatic nitrogens is 2. The smallest absolute Gasteiger partial charge is 0.352 e. The van der Waals surface area contributed by atoms with Gasteiger partial charge in [-0.25, -0.2) is 8.42 Å². The van der Waals surface area contributed by atoms with Gasteiger partial charge in [-0.05, 0) is 37.7 Å². The maximum atomic E-state index is 14.4. The first-order chi connectivity index (χ1) is 12.1. The topological polar surface area (TPSA) is 93.3 Å². The molecule has 0 radical (unpaired) electrons. The molecule has 1 heterocycles. The first-order valence-corrected chi connectivity index (χ1v) is 10.2. The molecule has 2 aromatic rings. The van der Waals surface area contributed by atoms with Crippen molar-refractivity contribution >= 4 is 9.84 Å². The van der Waals surface area contributed by atoms with Gasteiger partial charge in [-0.15, -0.1) is 0 Å². The highest BCUT2D eigenvalue weighted by molar-refractivity contribution is 7.92. The molecular formula is C17H18F2N2O4S. The van der Waals surface area contributed by atoms with Crippen molar-refractivity contribution in [1.82, 2.24) is 10.1 Å². The molecule has 0 aliphatic heterocycles. The van der Waals surface area contributed by atoms with Crippen LogP contribution < -0.4 is 0 Å². The molecule has 26 heavy (non-hydrogen) atoms. The summed E-state index contributed by atoms with van der Waals surface area (Å²) in [6, 6.07) is 6.48. The molecule has 9 heteroatoms. The largest absolute Gasteiger partial charge is 0.383 e. The zero-order chi connectivity index (χ0) is 18.8. The highest BCUT2D eigenvalue weighted by Crippen LogP contribution is 2.52. The van der Waals surface area contributed by atoms with Crippen molar-refractivity contribution in [1.29, 1.82) is 0 Å². The molecule has 4 rings (SSSR count). The zero-order valence-corrected chi connectivity index (χ0v) is 14.9. The van der Waals surface area contributed by atoms with Crippen LogP contribution in [0.2, 0.25) is 0 Å². The van der Waals surface area contributed by atoms with E-state index >= 15 is 0 Å². The van der Waals surface area contributed by atoms with Crippen molar-refractivity contribution in [3.63, 3.8) is 0 Å². The molecule has 1 aromatic carbocycles. The van der Waals surface area contributed by atoms with Gasteiger partial charge in [-0.3, -0.25) is 0 Å². The van der Waals surface area contributed by atoms with Gasteiger partial charge in [0, 0.05) is 11.8 Å². The van der Waals surface area contributed by atoms with E-state index < -0.39 is 32.0 Å². The lowest BCUT2D eigenvalue weighted by Gasteiger charge is -2.40. The fourth-order valence-electron chi connectivity index (χ4n) is 3.40. The number of sulfone groups is 1. The summed E-state index contributed by atoms with van der Waals surface area (Å²) >= 11 is 0. The molecule has 2 aliphatic rings. The second kappa shape index (κ2) is 5.32. The molecule has 140 valence electrons. The van der Waals surface area contributed by atoms with Crippen molar-refractivity contribution < 1.29 is 26.8 Å². The fourth-order valence-corrected chi connectivity index (χ4v) is 4.81. The molecule has 1 N–H and O–H groups in total. The number of rotatable bonds is 5. The average Bonchev–Trinajstić information content (AvgIpc) is 3.23. The van der Waals surface area contributed by atoms with Crippen LogP contribution in [-0.2, 0) is 20.5 Å². The third-order valence-corrected chi connectivity index (χ3v) is 7.61. The Kier molecular flexibility index (Phi) is 3.59. The van der Waals surface area contributed by atoms with Crippen LogP contribution in [0.3, 0.4) is 0 Å². The number of nitrogens with zero attached hydrogens (tertiary/aromatic N) is 2. The lowest BCUT2D eigenvalue weighted by Crippen LogP contribution is -2.51. The first-order valence-electron chi connectivity index (χ1n) is 8.34. The van der Waals surface area contributed by atoms with Gasteiger partial charge in [-0.1, -0.05) is 29.4 Å². The van der Waals surface area contributed by atoms with Gasteiger partial charge in [0.1, 0.15) is 5.60 Å². The molecular weight excluding hydrogens is 366 g/mol. The molecule has 0 unspecified atom stereocenters. The third-order valence-electron chi connectivity index (χ3n) is 5.54. The van der Waals surface area contributed by atoms with E-state index in [0.717, 1.165) is 0 Å². The van der Waals surface area contributed by atoms with Crippen LogP contribution in [0.5, 0.6) is 0 Å². The van der Waals surface area contributed by atoms with E-state index in [-0.39, 0.29) is 18.7 Å². The number of alkyl halides is 2. The fraction of sp³-hybridized carbons (Fsp3) is 0.529. The minimum Gasteiger partial charge on any atom is -0.383 e. The lowest BCUT2D eigenvalue weighted by molar-refractivity contribution is -0.235. The van der Waals surface area contributed by atoms with E-state index in [1.54, 1.807) is 24.3 Å². The second-order valence-electron chi connectivity index (χ2n) is 7.23. The maximum absolute atomic E-state index is 14.4. The molecule has 2 saturated carbocycles. The number of hydrogen-bond acceptors (Lipinski definition) is 6. The van der Waals surface area contributed by atoms with Crippen LogP contribution in [0.15, 0.2) is 28.8 Å². The monoisotopic (exact) mass is 384 g/mol. The summed E-state index contributed by atoms with van der Waals surface area (Å²) in [4.78, 5) is 3.75. The molecule has 2 aliphatic carbocycles. The molecule has 0 bridgehead atoms. The number of hydrogen-bond donors (Lipinski definition) is 1. The summed E-state index contributed by atoms with van der Waals surface area (Å²) in [6.07, 6.45) is 2.86. The Morgan fingerprint density at radius 1 is 1.15 bits per heavy atom. The third kappa shape index (κ3) is 2.40. The average molecular weight is 384 g/mol. The van der Waals surface area contributed by atoms with Gasteiger partial charge in [-0.2, -0.15) is 13.8 Å². The van der Waals surface area contributed by atoms with E-state index in [1.165, 1.54) is 6.26 Å². The molecule has 0 atom stereocenters. The quantitative estimate of drug-likeness (QED) is 0.852. The Balaban J connectivity index is 1.61. The molecule has 0 spiro atoms. The molecule has 1 aromatic heterocycles. The Morgan fingerprint density at radius 2 is 1.77 bits per heavy atom. The van der Waals surface area contributed by atoms with Crippen molar-refractivity contribution in [3.05, 3.63) is 35.7 Å². The molecule has 0 amide bonds. The van der Waals surface area contributed by atoms with E-state index in [9.17, 15) is 22.3 Å². The summed E-state index contributed by atoms with van der Waals surface area (Å²) in [6.45, 7) is 0. The van der Waals surface area contributed by atoms with Gasteiger partial charge in [0.2, 0.25) is 5.82 Å². The Labute approximate surface area is 149 Å². The SMILES string of the molecule is CS(=O)(=O)C1(c2ccc(-c3noc(C(F)(F)C4(O)CCC4)n3)cc2)CC1. The zero-order valence-electron chi connectivity index (χ0n) is 14.1. The maximum Gasteiger partial charge on any atom is 0.352 e. The van der Waals surface area contributed by atoms with E-state index in [2.05, 4.69) is 10.1 Å². The van der Waals surface area contributed by atoms with E-state index in [1.807, 2.05) is 0 Å². The van der Waals surface area contributed by atoms with Crippen molar-refractivity contribution in [2.24, 2.45) is 0 Å². The molecule has 6 nitrogen and oxygen atoms in total. The number of halogens is 2. The highest BCUT2D eigenvalue weighted by atomic mass is 32.2. The minimum atomic E-state index is -3.61. The Hall–Kier alpha value is -1.87. The minimum absolute atomic E-state index is 0.0139. The van der Waals surface area contributed by atoms with Gasteiger partial charge >= 0.3 is 11.8 Å².